The van der Waals surface area contributed by atoms with E-state index in [-0.39, 0.29) is 25.0 Å². The molecule has 1 aliphatic rings. The molecular formula is C7H7ClN4O2S. The van der Waals surface area contributed by atoms with Gasteiger partial charge >= 0.3 is 6.03 Å². The molecule has 1 aromatic heterocycles. The minimum atomic E-state index is -0.330. The van der Waals surface area contributed by atoms with Crippen LogP contribution in [0.25, 0.3) is 0 Å². The van der Waals surface area contributed by atoms with Crippen LogP contribution in [0, 0.1) is 0 Å². The second-order valence-corrected chi connectivity index (χ2v) is 4.47. The van der Waals surface area contributed by atoms with E-state index in [0.717, 1.165) is 16.4 Å². The fourth-order valence-corrected chi connectivity index (χ4v) is 1.88. The number of aromatic nitrogens is 2. The molecule has 1 aliphatic heterocycles. The Kier molecular flexibility index (Phi) is 2.57. The first-order chi connectivity index (χ1) is 7.09. The molecule has 1 aromatic rings. The highest BCUT2D eigenvalue weighted by molar-refractivity contribution is 7.10. The molecule has 80 valence electrons. The highest BCUT2D eigenvalue weighted by atomic mass is 35.5. The number of carbonyl (C=O) groups is 2. The van der Waals surface area contributed by atoms with E-state index in [0.29, 0.717) is 10.0 Å². The van der Waals surface area contributed by atoms with Crippen molar-refractivity contribution in [2.75, 3.05) is 13.6 Å². The topological polar surface area (TPSA) is 66.4 Å². The molecule has 0 unspecified atom stereocenters. The van der Waals surface area contributed by atoms with E-state index in [4.69, 9.17) is 11.6 Å². The molecule has 1 fully saturated rings. The van der Waals surface area contributed by atoms with E-state index in [1.54, 1.807) is 7.05 Å². The molecule has 1 saturated heterocycles. The van der Waals surface area contributed by atoms with Crippen LogP contribution in [0.3, 0.4) is 0 Å². The third-order valence-corrected chi connectivity index (χ3v) is 3.03. The maximum absolute atomic E-state index is 11.5. The summed E-state index contributed by atoms with van der Waals surface area (Å²) < 4.78 is 4.04. The van der Waals surface area contributed by atoms with Gasteiger partial charge in [0.25, 0.3) is 5.91 Å². The molecule has 0 saturated carbocycles. The Morgan fingerprint density at radius 1 is 1.53 bits per heavy atom. The average molecular weight is 247 g/mol. The van der Waals surface area contributed by atoms with Crippen molar-refractivity contribution in [2.45, 2.75) is 6.54 Å². The highest BCUT2D eigenvalue weighted by Crippen LogP contribution is 2.20. The molecule has 0 aliphatic carbocycles. The Bertz CT molecular complexity index is 421. The second-order valence-electron chi connectivity index (χ2n) is 3.11. The first kappa shape index (κ1) is 10.3. The molecule has 2 heterocycles. The third kappa shape index (κ3) is 1.80. The lowest BCUT2D eigenvalue weighted by molar-refractivity contribution is -0.125. The number of urea groups is 1. The molecule has 8 heteroatoms. The van der Waals surface area contributed by atoms with Gasteiger partial charge in [-0.2, -0.15) is 0 Å². The van der Waals surface area contributed by atoms with Crippen LogP contribution < -0.4 is 0 Å². The molecule has 6 nitrogen and oxygen atoms in total. The van der Waals surface area contributed by atoms with Crippen LogP contribution in [0.4, 0.5) is 4.79 Å². The number of carbonyl (C=O) groups excluding carboxylic acids is 2. The zero-order valence-corrected chi connectivity index (χ0v) is 9.38. The number of hydrogen-bond donors (Lipinski definition) is 0. The zero-order chi connectivity index (χ0) is 11.0. The lowest BCUT2D eigenvalue weighted by atomic mass is 10.4. The van der Waals surface area contributed by atoms with Crippen molar-refractivity contribution in [2.24, 2.45) is 0 Å². The van der Waals surface area contributed by atoms with Crippen LogP contribution in [0.2, 0.25) is 4.34 Å². The van der Waals surface area contributed by atoms with Crippen LogP contribution >= 0.6 is 23.1 Å². The predicted molar refractivity (Wildman–Crippen MR) is 53.5 cm³/mol. The standard InChI is InChI=1S/C7H7ClN4O2S/c1-11-3-5(13)12(7(11)14)2-4-6(8)15-10-9-4/h2-3H2,1H3. The Balaban J connectivity index is 2.16. The van der Waals surface area contributed by atoms with Gasteiger partial charge in [-0.05, 0) is 0 Å². The molecule has 0 N–H and O–H groups in total. The zero-order valence-electron chi connectivity index (χ0n) is 7.81. The highest BCUT2D eigenvalue weighted by Gasteiger charge is 2.34. The number of amides is 3. The van der Waals surface area contributed by atoms with E-state index in [1.165, 1.54) is 4.90 Å². The molecule has 0 atom stereocenters. The lowest BCUT2D eigenvalue weighted by Gasteiger charge is -2.11. The van der Waals surface area contributed by atoms with Gasteiger partial charge in [0.2, 0.25) is 0 Å². The maximum Gasteiger partial charge on any atom is 0.327 e. The fourth-order valence-electron chi connectivity index (χ4n) is 1.27. The van der Waals surface area contributed by atoms with Gasteiger partial charge in [0.15, 0.2) is 0 Å². The number of imide groups is 1. The molecule has 0 spiro atoms. The first-order valence-electron chi connectivity index (χ1n) is 4.12. The minimum absolute atomic E-state index is 0.0946. The van der Waals surface area contributed by atoms with E-state index < -0.39 is 0 Å². The molecule has 3 amide bonds. The minimum Gasteiger partial charge on any atom is -0.318 e. The summed E-state index contributed by atoms with van der Waals surface area (Å²) >= 11 is 6.81. The molecule has 2 rings (SSSR count). The summed E-state index contributed by atoms with van der Waals surface area (Å²) in [6, 6.07) is -0.330. The lowest BCUT2D eigenvalue weighted by Crippen LogP contribution is -2.31. The number of halogens is 1. The summed E-state index contributed by atoms with van der Waals surface area (Å²) in [4.78, 5) is 25.4. The number of nitrogens with zero attached hydrogens (tertiary/aromatic N) is 4. The molecule has 0 radical (unpaired) electrons. The van der Waals surface area contributed by atoms with E-state index >= 15 is 0 Å². The van der Waals surface area contributed by atoms with Gasteiger partial charge < -0.3 is 4.90 Å². The molecule has 0 bridgehead atoms. The van der Waals surface area contributed by atoms with Crippen molar-refractivity contribution in [1.82, 2.24) is 19.4 Å². The van der Waals surface area contributed by atoms with Gasteiger partial charge in [-0.1, -0.05) is 16.1 Å². The van der Waals surface area contributed by atoms with Crippen LogP contribution in [0.15, 0.2) is 0 Å². The Hall–Kier alpha value is -1.21. The van der Waals surface area contributed by atoms with Crippen molar-refractivity contribution in [3.63, 3.8) is 0 Å². The molecular weight excluding hydrogens is 240 g/mol. The summed E-state index contributed by atoms with van der Waals surface area (Å²) in [6.07, 6.45) is 0. The SMILES string of the molecule is CN1CC(=O)N(Cc2nnsc2Cl)C1=O. The van der Waals surface area contributed by atoms with Crippen LogP contribution in [-0.4, -0.2) is 44.9 Å². The smallest absolute Gasteiger partial charge is 0.318 e. The van der Waals surface area contributed by atoms with E-state index in [1.807, 2.05) is 0 Å². The second kappa shape index (κ2) is 3.74. The van der Waals surface area contributed by atoms with Crippen LogP contribution in [0.1, 0.15) is 5.69 Å². The number of rotatable bonds is 2. The van der Waals surface area contributed by atoms with Gasteiger partial charge in [0, 0.05) is 18.6 Å². The monoisotopic (exact) mass is 246 g/mol. The first-order valence-corrected chi connectivity index (χ1v) is 5.27. The van der Waals surface area contributed by atoms with Crippen LogP contribution in [-0.2, 0) is 11.3 Å². The summed E-state index contributed by atoms with van der Waals surface area (Å²) in [6.45, 7) is 0.200. The summed E-state index contributed by atoms with van der Waals surface area (Å²) in [5.74, 6) is -0.244. The van der Waals surface area contributed by atoms with Gasteiger partial charge in [0.05, 0.1) is 6.54 Å². The van der Waals surface area contributed by atoms with Crippen molar-refractivity contribution in [3.05, 3.63) is 10.0 Å². The molecule has 15 heavy (non-hydrogen) atoms. The van der Waals surface area contributed by atoms with E-state index in [2.05, 4.69) is 9.59 Å². The quantitative estimate of drug-likeness (QED) is 0.717. The number of likely N-dealkylation sites (N-methyl/N-ethyl adjacent to an activating group) is 1. The Morgan fingerprint density at radius 3 is 2.73 bits per heavy atom. The van der Waals surface area contributed by atoms with Crippen molar-refractivity contribution < 1.29 is 9.59 Å². The van der Waals surface area contributed by atoms with Crippen molar-refractivity contribution in [3.8, 4) is 0 Å². The summed E-state index contributed by atoms with van der Waals surface area (Å²) in [5, 5.41) is 3.75. The van der Waals surface area contributed by atoms with Gasteiger partial charge in [-0.3, -0.25) is 9.69 Å². The molecule has 0 aromatic carbocycles. The largest absolute Gasteiger partial charge is 0.327 e. The maximum atomic E-state index is 11.5. The predicted octanol–water partition coefficient (Wildman–Crippen LogP) is 0.585. The average Bonchev–Trinajstić information content (AvgIpc) is 2.67. The fraction of sp³-hybridized carbons (Fsp3) is 0.429. The van der Waals surface area contributed by atoms with Gasteiger partial charge in [-0.25, -0.2) is 4.79 Å². The van der Waals surface area contributed by atoms with Crippen molar-refractivity contribution >= 4 is 35.1 Å². The van der Waals surface area contributed by atoms with Gasteiger partial charge in [-0.15, -0.1) is 5.10 Å². The van der Waals surface area contributed by atoms with Gasteiger partial charge in [0.1, 0.15) is 16.6 Å². The van der Waals surface area contributed by atoms with Crippen LogP contribution in [0.5, 0.6) is 0 Å². The number of hydrogen-bond acceptors (Lipinski definition) is 5. The van der Waals surface area contributed by atoms with Crippen molar-refractivity contribution in [1.29, 1.82) is 0 Å². The Labute approximate surface area is 94.6 Å². The third-order valence-electron chi connectivity index (χ3n) is 2.05. The van der Waals surface area contributed by atoms with E-state index in [9.17, 15) is 9.59 Å². The summed E-state index contributed by atoms with van der Waals surface area (Å²) in [7, 11) is 1.57. The normalized spacial score (nSPS) is 16.7. The Morgan fingerprint density at radius 2 is 2.27 bits per heavy atom. The summed E-state index contributed by atoms with van der Waals surface area (Å²) in [5.41, 5.74) is 0.457.